The van der Waals surface area contributed by atoms with Gasteiger partial charge in [-0.1, -0.05) is 28.9 Å². The fraction of sp³-hybridized carbons (Fsp3) is 0.273. The van der Waals surface area contributed by atoms with Crippen LogP contribution in [-0.4, -0.2) is 6.54 Å². The zero-order valence-electron chi connectivity index (χ0n) is 8.01. The summed E-state index contributed by atoms with van der Waals surface area (Å²) in [5.41, 5.74) is 1.40. The number of hydrogen-bond acceptors (Lipinski definition) is 2. The minimum absolute atomic E-state index is 0.970. The molecule has 0 radical (unpaired) electrons. The maximum atomic E-state index is 3.49. The van der Waals surface area contributed by atoms with Gasteiger partial charge in [0.25, 0.3) is 0 Å². The first-order chi connectivity index (χ1) is 6.81. The molecule has 0 amide bonds. The molecule has 0 saturated heterocycles. The minimum atomic E-state index is 0.970. The number of fused-ring (bicyclic) bond motifs is 1. The second-order valence-electron chi connectivity index (χ2n) is 3.18. The molecule has 0 saturated carbocycles. The van der Waals surface area contributed by atoms with E-state index in [9.17, 15) is 0 Å². The lowest BCUT2D eigenvalue weighted by Gasteiger charge is -1.99. The summed E-state index contributed by atoms with van der Waals surface area (Å²) < 4.78 is 2.51. The summed E-state index contributed by atoms with van der Waals surface area (Å²) >= 11 is 5.29. The van der Waals surface area contributed by atoms with Gasteiger partial charge in [0.2, 0.25) is 0 Å². The summed E-state index contributed by atoms with van der Waals surface area (Å²) in [5.74, 6) is 0. The van der Waals surface area contributed by atoms with Gasteiger partial charge in [-0.05, 0) is 35.0 Å². The molecule has 0 aliphatic carbocycles. The molecule has 3 heteroatoms. The molecule has 0 unspecified atom stereocenters. The molecule has 0 bridgehead atoms. The van der Waals surface area contributed by atoms with Gasteiger partial charge in [0.05, 0.1) is 0 Å². The smallest absolute Gasteiger partial charge is 0.0357 e. The lowest BCUT2D eigenvalue weighted by atomic mass is 10.2. The molecule has 0 aliphatic heterocycles. The van der Waals surface area contributed by atoms with Crippen molar-refractivity contribution in [1.29, 1.82) is 0 Å². The maximum absolute atomic E-state index is 3.49. The van der Waals surface area contributed by atoms with Crippen molar-refractivity contribution in [3.05, 3.63) is 33.6 Å². The molecular formula is C11H12BrNS. The van der Waals surface area contributed by atoms with E-state index in [4.69, 9.17) is 0 Å². The van der Waals surface area contributed by atoms with Crippen LogP contribution in [0.1, 0.15) is 12.5 Å². The average molecular weight is 270 g/mol. The highest BCUT2D eigenvalue weighted by Gasteiger charge is 2.03. The van der Waals surface area contributed by atoms with E-state index in [0.29, 0.717) is 0 Å². The predicted molar refractivity (Wildman–Crippen MR) is 66.9 cm³/mol. The Bertz CT molecular complexity index is 436. The van der Waals surface area contributed by atoms with Gasteiger partial charge in [-0.2, -0.15) is 0 Å². The number of benzene rings is 1. The van der Waals surface area contributed by atoms with Crippen LogP contribution in [0.5, 0.6) is 0 Å². The van der Waals surface area contributed by atoms with Crippen molar-refractivity contribution in [3.8, 4) is 0 Å². The largest absolute Gasteiger partial charge is 0.313 e. The van der Waals surface area contributed by atoms with Crippen LogP contribution < -0.4 is 5.32 Å². The molecule has 1 aromatic carbocycles. The summed E-state index contributed by atoms with van der Waals surface area (Å²) in [4.78, 5) is 0. The van der Waals surface area contributed by atoms with E-state index in [2.05, 4.69) is 51.7 Å². The topological polar surface area (TPSA) is 12.0 Å². The van der Waals surface area contributed by atoms with Crippen molar-refractivity contribution in [2.75, 3.05) is 6.54 Å². The summed E-state index contributed by atoms with van der Waals surface area (Å²) in [6, 6.07) is 6.46. The molecule has 2 aromatic rings. The van der Waals surface area contributed by atoms with Crippen molar-refractivity contribution in [3.63, 3.8) is 0 Å². The Hall–Kier alpha value is -0.380. The van der Waals surface area contributed by atoms with Crippen LogP contribution in [0.25, 0.3) is 10.1 Å². The average Bonchev–Trinajstić information content (AvgIpc) is 2.57. The van der Waals surface area contributed by atoms with Crippen LogP contribution in [-0.2, 0) is 6.54 Å². The third kappa shape index (κ3) is 2.00. The summed E-state index contributed by atoms with van der Waals surface area (Å²) in [6.45, 7) is 4.12. The van der Waals surface area contributed by atoms with Gasteiger partial charge in [0.1, 0.15) is 0 Å². The predicted octanol–water partition coefficient (Wildman–Crippen LogP) is 3.77. The van der Waals surface area contributed by atoms with Crippen molar-refractivity contribution in [2.24, 2.45) is 0 Å². The monoisotopic (exact) mass is 269 g/mol. The van der Waals surface area contributed by atoms with Crippen LogP contribution in [0.3, 0.4) is 0 Å². The first kappa shape index (κ1) is 10.1. The molecule has 0 spiro atoms. The van der Waals surface area contributed by atoms with Gasteiger partial charge in [0.15, 0.2) is 0 Å². The van der Waals surface area contributed by atoms with Crippen molar-refractivity contribution < 1.29 is 0 Å². The van der Waals surface area contributed by atoms with Gasteiger partial charge >= 0.3 is 0 Å². The highest BCUT2D eigenvalue weighted by molar-refractivity contribution is 9.10. The molecule has 0 atom stereocenters. The third-order valence-corrected chi connectivity index (χ3v) is 3.67. The molecule has 74 valence electrons. The van der Waals surface area contributed by atoms with Crippen LogP contribution >= 0.6 is 27.3 Å². The SMILES string of the molecule is CCNCc1csc2cc(Br)ccc12. The molecule has 1 nitrogen and oxygen atoms in total. The number of nitrogens with one attached hydrogen (secondary N) is 1. The van der Waals surface area contributed by atoms with E-state index in [1.54, 1.807) is 0 Å². The summed E-state index contributed by atoms with van der Waals surface area (Å²) in [6.07, 6.45) is 0. The number of rotatable bonds is 3. The first-order valence-corrected chi connectivity index (χ1v) is 6.35. The summed E-state index contributed by atoms with van der Waals surface area (Å²) in [7, 11) is 0. The highest BCUT2D eigenvalue weighted by Crippen LogP contribution is 2.28. The van der Waals surface area contributed by atoms with Gasteiger partial charge in [-0.15, -0.1) is 11.3 Å². The first-order valence-electron chi connectivity index (χ1n) is 4.67. The fourth-order valence-corrected chi connectivity index (χ4v) is 2.97. The van der Waals surface area contributed by atoms with Gasteiger partial charge in [-0.25, -0.2) is 0 Å². The molecular weight excluding hydrogens is 258 g/mol. The van der Waals surface area contributed by atoms with E-state index in [1.165, 1.54) is 15.6 Å². The normalized spacial score (nSPS) is 11.0. The molecule has 1 N–H and O–H groups in total. The molecule has 14 heavy (non-hydrogen) atoms. The number of halogens is 1. The Morgan fingerprint density at radius 3 is 3.07 bits per heavy atom. The van der Waals surface area contributed by atoms with E-state index in [1.807, 2.05) is 11.3 Å². The Balaban J connectivity index is 2.37. The van der Waals surface area contributed by atoms with Crippen LogP contribution in [0, 0.1) is 0 Å². The highest BCUT2D eigenvalue weighted by atomic mass is 79.9. The molecule has 2 rings (SSSR count). The fourth-order valence-electron chi connectivity index (χ4n) is 1.45. The van der Waals surface area contributed by atoms with Crippen LogP contribution in [0.4, 0.5) is 0 Å². The van der Waals surface area contributed by atoms with Crippen LogP contribution in [0.15, 0.2) is 28.1 Å². The van der Waals surface area contributed by atoms with Crippen molar-refractivity contribution >= 4 is 37.4 Å². The van der Waals surface area contributed by atoms with E-state index in [-0.39, 0.29) is 0 Å². The zero-order valence-corrected chi connectivity index (χ0v) is 10.4. The van der Waals surface area contributed by atoms with E-state index >= 15 is 0 Å². The molecule has 0 fully saturated rings. The van der Waals surface area contributed by atoms with Crippen molar-refractivity contribution in [2.45, 2.75) is 13.5 Å². The van der Waals surface area contributed by atoms with Crippen molar-refractivity contribution in [1.82, 2.24) is 5.32 Å². The molecule has 1 aromatic heterocycles. The lowest BCUT2D eigenvalue weighted by molar-refractivity contribution is 0.732. The minimum Gasteiger partial charge on any atom is -0.313 e. The Morgan fingerprint density at radius 2 is 2.29 bits per heavy atom. The standard InChI is InChI=1S/C11H12BrNS/c1-2-13-6-8-7-14-11-5-9(12)3-4-10(8)11/h3-5,7,13H,2,6H2,1H3. The van der Waals surface area contributed by atoms with Crippen LogP contribution in [0.2, 0.25) is 0 Å². The van der Waals surface area contributed by atoms with E-state index in [0.717, 1.165) is 17.6 Å². The quantitative estimate of drug-likeness (QED) is 0.895. The van der Waals surface area contributed by atoms with Gasteiger partial charge in [0, 0.05) is 15.7 Å². The maximum Gasteiger partial charge on any atom is 0.0357 e. The Morgan fingerprint density at radius 1 is 1.43 bits per heavy atom. The number of thiophene rings is 1. The Labute approximate surface area is 96.3 Å². The second kappa shape index (κ2) is 4.43. The van der Waals surface area contributed by atoms with Gasteiger partial charge in [-0.3, -0.25) is 0 Å². The lowest BCUT2D eigenvalue weighted by Crippen LogP contribution is -2.10. The van der Waals surface area contributed by atoms with E-state index < -0.39 is 0 Å². The van der Waals surface area contributed by atoms with Gasteiger partial charge < -0.3 is 5.32 Å². The molecule has 1 heterocycles. The zero-order chi connectivity index (χ0) is 9.97. The third-order valence-electron chi connectivity index (χ3n) is 2.18. The number of hydrogen-bond donors (Lipinski definition) is 1. The summed E-state index contributed by atoms with van der Waals surface area (Å²) in [5, 5.41) is 6.96. The Kier molecular flexibility index (Phi) is 3.21. The molecule has 0 aliphatic rings. The second-order valence-corrected chi connectivity index (χ2v) is 5.01.